The van der Waals surface area contributed by atoms with E-state index in [2.05, 4.69) is 18.2 Å². The van der Waals surface area contributed by atoms with Crippen LogP contribution in [0.15, 0.2) is 52.5 Å². The van der Waals surface area contributed by atoms with Gasteiger partial charge in [0.25, 0.3) is 0 Å². The van der Waals surface area contributed by atoms with Crippen LogP contribution in [0.5, 0.6) is 0 Å². The van der Waals surface area contributed by atoms with E-state index in [1.807, 2.05) is 34.3 Å². The monoisotopic (exact) mass is 294 g/mol. The fourth-order valence-electron chi connectivity index (χ4n) is 1.82. The summed E-state index contributed by atoms with van der Waals surface area (Å²) >= 11 is 4.95. The molecule has 0 atom stereocenters. The van der Waals surface area contributed by atoms with Gasteiger partial charge in [-0.3, -0.25) is 0 Å². The standard InChI is InChI=1S/C12H10OS3Si/c13-17(10-4-1-7-14-10,11-5-2-8-15-11)12-6-3-9-16-12/h1-9,13H. The van der Waals surface area contributed by atoms with Gasteiger partial charge < -0.3 is 4.80 Å². The van der Waals surface area contributed by atoms with E-state index in [-0.39, 0.29) is 0 Å². The van der Waals surface area contributed by atoms with Crippen LogP contribution in [0.4, 0.5) is 0 Å². The van der Waals surface area contributed by atoms with Gasteiger partial charge in [0.15, 0.2) is 0 Å². The quantitative estimate of drug-likeness (QED) is 0.731. The molecule has 0 aliphatic rings. The summed E-state index contributed by atoms with van der Waals surface area (Å²) in [4.78, 5) is 11.3. The molecular formula is C12H10OS3Si. The van der Waals surface area contributed by atoms with Crippen LogP contribution in [0.2, 0.25) is 0 Å². The molecule has 0 aliphatic heterocycles. The molecule has 0 saturated carbocycles. The molecule has 1 nitrogen and oxygen atoms in total. The van der Waals surface area contributed by atoms with Gasteiger partial charge in [0.05, 0.1) is 0 Å². The Morgan fingerprint density at radius 1 is 0.706 bits per heavy atom. The molecule has 0 amide bonds. The van der Waals surface area contributed by atoms with Gasteiger partial charge >= 0.3 is 8.32 Å². The normalized spacial score (nSPS) is 11.8. The molecule has 0 spiro atoms. The first-order chi connectivity index (χ1) is 8.32. The molecule has 0 aliphatic carbocycles. The molecule has 0 unspecified atom stereocenters. The second-order valence-electron chi connectivity index (χ2n) is 3.64. The maximum atomic E-state index is 11.3. The number of hydrogen-bond donors (Lipinski definition) is 1. The van der Waals surface area contributed by atoms with Crippen molar-refractivity contribution < 1.29 is 4.80 Å². The van der Waals surface area contributed by atoms with Crippen molar-refractivity contribution in [2.75, 3.05) is 0 Å². The van der Waals surface area contributed by atoms with Gasteiger partial charge in [-0.15, -0.1) is 0 Å². The molecule has 3 rings (SSSR count). The van der Waals surface area contributed by atoms with Gasteiger partial charge in [0.2, 0.25) is 0 Å². The molecule has 1 N–H and O–H groups in total. The molecule has 0 aromatic carbocycles. The zero-order valence-corrected chi connectivity index (χ0v) is 12.3. The van der Waals surface area contributed by atoms with Crippen molar-refractivity contribution in [2.24, 2.45) is 0 Å². The molecule has 5 heteroatoms. The third-order valence-electron chi connectivity index (χ3n) is 2.63. The molecular weight excluding hydrogens is 284 g/mol. The van der Waals surface area contributed by atoms with Crippen molar-refractivity contribution in [1.82, 2.24) is 0 Å². The van der Waals surface area contributed by atoms with Crippen LogP contribution < -0.4 is 13.5 Å². The van der Waals surface area contributed by atoms with Crippen LogP contribution in [0.25, 0.3) is 0 Å². The van der Waals surface area contributed by atoms with Crippen molar-refractivity contribution in [3.63, 3.8) is 0 Å². The summed E-state index contributed by atoms with van der Waals surface area (Å²) in [6.07, 6.45) is 0. The average Bonchev–Trinajstić information content (AvgIpc) is 3.10. The Kier molecular flexibility index (Phi) is 3.02. The summed E-state index contributed by atoms with van der Waals surface area (Å²) in [5.74, 6) is 0. The predicted octanol–water partition coefficient (Wildman–Crippen LogP) is 1.83. The van der Waals surface area contributed by atoms with Crippen LogP contribution >= 0.6 is 34.0 Å². The summed E-state index contributed by atoms with van der Waals surface area (Å²) < 4.78 is 3.34. The summed E-state index contributed by atoms with van der Waals surface area (Å²) in [6, 6.07) is 12.2. The van der Waals surface area contributed by atoms with Crippen molar-refractivity contribution in [3.8, 4) is 0 Å². The first-order valence-electron chi connectivity index (χ1n) is 5.16. The van der Waals surface area contributed by atoms with Gasteiger partial charge in [-0.25, -0.2) is 0 Å². The van der Waals surface area contributed by atoms with E-state index in [0.717, 1.165) is 13.5 Å². The predicted molar refractivity (Wildman–Crippen MR) is 79.8 cm³/mol. The molecule has 17 heavy (non-hydrogen) atoms. The Hall–Kier alpha value is -0.723. The van der Waals surface area contributed by atoms with Crippen molar-refractivity contribution in [3.05, 3.63) is 52.5 Å². The van der Waals surface area contributed by atoms with Crippen molar-refractivity contribution in [1.29, 1.82) is 0 Å². The molecule has 0 fully saturated rings. The molecule has 3 heterocycles. The summed E-state index contributed by atoms with van der Waals surface area (Å²) in [6.45, 7) is 0. The molecule has 0 bridgehead atoms. The highest BCUT2D eigenvalue weighted by atomic mass is 32.1. The second-order valence-corrected chi connectivity index (χ2v) is 10.6. The largest absolute Gasteiger partial charge is 0.419 e. The van der Waals surface area contributed by atoms with Crippen molar-refractivity contribution in [2.45, 2.75) is 0 Å². The summed E-state index contributed by atoms with van der Waals surface area (Å²) in [7, 11) is -2.67. The molecule has 3 aromatic rings. The third kappa shape index (κ3) is 1.84. The SMILES string of the molecule is O[Si](c1cccs1)(c1cccs1)c1cccs1. The lowest BCUT2D eigenvalue weighted by molar-refractivity contribution is 0.586. The highest BCUT2D eigenvalue weighted by molar-refractivity contribution is 7.42. The van der Waals surface area contributed by atoms with Crippen LogP contribution in [-0.4, -0.2) is 13.1 Å². The van der Waals surface area contributed by atoms with Gasteiger partial charge in [-0.1, -0.05) is 18.2 Å². The fourth-order valence-corrected chi connectivity index (χ4v) is 10.2. The lowest BCUT2D eigenvalue weighted by atomic mass is 10.7. The molecule has 3 aromatic heterocycles. The van der Waals surface area contributed by atoms with Gasteiger partial charge in [-0.05, 0) is 34.3 Å². The minimum atomic E-state index is -2.67. The first kappa shape index (κ1) is 11.4. The summed E-state index contributed by atoms with van der Waals surface area (Å²) in [5, 5.41) is 6.11. The topological polar surface area (TPSA) is 20.2 Å². The van der Waals surface area contributed by atoms with E-state index < -0.39 is 8.32 Å². The van der Waals surface area contributed by atoms with E-state index >= 15 is 0 Å². The summed E-state index contributed by atoms with van der Waals surface area (Å²) in [5.41, 5.74) is 0. The minimum Gasteiger partial charge on any atom is -0.419 e. The Morgan fingerprint density at radius 3 is 1.29 bits per heavy atom. The van der Waals surface area contributed by atoms with Crippen LogP contribution in [-0.2, 0) is 0 Å². The smallest absolute Gasteiger partial charge is 0.315 e. The minimum absolute atomic E-state index is 1.11. The zero-order valence-electron chi connectivity index (χ0n) is 8.87. The number of rotatable bonds is 3. The Morgan fingerprint density at radius 2 is 1.06 bits per heavy atom. The van der Waals surface area contributed by atoms with E-state index in [9.17, 15) is 4.80 Å². The maximum absolute atomic E-state index is 11.3. The third-order valence-corrected chi connectivity index (χ3v) is 11.0. The van der Waals surface area contributed by atoms with Crippen LogP contribution in [0.1, 0.15) is 0 Å². The lowest BCUT2D eigenvalue weighted by Gasteiger charge is -2.21. The van der Waals surface area contributed by atoms with Crippen molar-refractivity contribution >= 4 is 55.8 Å². The van der Waals surface area contributed by atoms with E-state index in [4.69, 9.17) is 0 Å². The Labute approximate surface area is 113 Å². The number of hydrogen-bond acceptors (Lipinski definition) is 4. The number of thiophene rings is 3. The highest BCUT2D eigenvalue weighted by Crippen LogP contribution is 2.12. The Bertz CT molecular complexity index is 485. The lowest BCUT2D eigenvalue weighted by Crippen LogP contribution is -2.64. The maximum Gasteiger partial charge on any atom is 0.315 e. The molecule has 86 valence electrons. The highest BCUT2D eigenvalue weighted by Gasteiger charge is 2.41. The van der Waals surface area contributed by atoms with Gasteiger partial charge in [0.1, 0.15) is 0 Å². The van der Waals surface area contributed by atoms with E-state index in [1.165, 1.54) is 0 Å². The first-order valence-corrected chi connectivity index (χ1v) is 9.75. The average molecular weight is 294 g/mol. The molecule has 0 saturated heterocycles. The molecule has 0 radical (unpaired) electrons. The van der Waals surface area contributed by atoms with Gasteiger partial charge in [-0.2, -0.15) is 34.0 Å². The second kappa shape index (κ2) is 4.51. The van der Waals surface area contributed by atoms with Crippen LogP contribution in [0.3, 0.4) is 0 Å². The zero-order chi connectivity index (χ0) is 11.7. The van der Waals surface area contributed by atoms with E-state index in [1.54, 1.807) is 34.0 Å². The Balaban J connectivity index is 2.21. The van der Waals surface area contributed by atoms with E-state index in [0.29, 0.717) is 0 Å². The van der Waals surface area contributed by atoms with Gasteiger partial charge in [0, 0.05) is 13.5 Å². The van der Waals surface area contributed by atoms with Crippen LogP contribution in [0, 0.1) is 0 Å². The fraction of sp³-hybridized carbons (Fsp3) is 0.